The first-order valence-corrected chi connectivity index (χ1v) is 5.90. The number of ketones is 1. The molecule has 0 amide bonds. The summed E-state index contributed by atoms with van der Waals surface area (Å²) in [7, 11) is 0. The maximum Gasteiger partial charge on any atom is 0.203 e. The second-order valence-corrected chi connectivity index (χ2v) is 4.73. The number of aromatic nitrogens is 4. The molecule has 20 heavy (non-hydrogen) atoms. The number of Topliss-reactive ketones (excluding diaryl/α,β-unsaturated/α-hetero) is 1. The summed E-state index contributed by atoms with van der Waals surface area (Å²) in [6.45, 7) is 0.781. The molecular weight excluding hydrogens is 269 g/mol. The highest BCUT2D eigenvalue weighted by Crippen LogP contribution is 2.38. The Kier molecular flexibility index (Phi) is 2.69. The van der Waals surface area contributed by atoms with Gasteiger partial charge in [0.05, 0.1) is 18.5 Å². The van der Waals surface area contributed by atoms with Crippen molar-refractivity contribution in [2.45, 2.75) is 24.8 Å². The molecule has 2 aromatic heterocycles. The first-order valence-electron chi connectivity index (χ1n) is 5.90. The van der Waals surface area contributed by atoms with Gasteiger partial charge in [0, 0.05) is 0 Å². The van der Waals surface area contributed by atoms with E-state index in [0.29, 0.717) is 0 Å². The van der Waals surface area contributed by atoms with Gasteiger partial charge in [-0.25, -0.2) is 18.9 Å². The number of fused-ring (bicyclic) bond motifs is 1. The smallest absolute Gasteiger partial charge is 0.203 e. The number of ether oxygens (including phenoxy) is 1. The fourth-order valence-corrected chi connectivity index (χ4v) is 2.27. The monoisotopic (exact) mass is 281 g/mol. The minimum atomic E-state index is -2.38. The molecule has 0 bridgehead atoms. The summed E-state index contributed by atoms with van der Waals surface area (Å²) in [5.74, 6) is -0.792. The number of nitrogens with two attached hydrogens (primary N) is 1. The third-order valence-corrected chi connectivity index (χ3v) is 3.32. The number of nitrogen functional groups attached to an aromatic ring is 1. The van der Waals surface area contributed by atoms with Crippen molar-refractivity contribution in [1.82, 2.24) is 19.6 Å². The summed E-state index contributed by atoms with van der Waals surface area (Å²) in [5, 5.41) is 13.3. The van der Waals surface area contributed by atoms with Gasteiger partial charge in [-0.15, -0.1) is 0 Å². The lowest BCUT2D eigenvalue weighted by Crippen LogP contribution is -2.51. The average molecular weight is 281 g/mol. The molecule has 0 spiro atoms. The van der Waals surface area contributed by atoms with Crippen LogP contribution in [0.15, 0.2) is 12.5 Å². The standard InChI is InChI=1S/C11H12FN5O3/c1-11(12)7(19)6(18)3-20-8(11)5-2-14-10-9(13)15-4-16-17(5)10/h2,4,6,8,18H,3H2,1H3,(H2,13,15,16). The van der Waals surface area contributed by atoms with E-state index in [2.05, 4.69) is 15.1 Å². The Morgan fingerprint density at radius 1 is 1.60 bits per heavy atom. The van der Waals surface area contributed by atoms with Crippen LogP contribution in [-0.4, -0.2) is 48.9 Å². The number of carbonyl (C=O) groups excluding carboxylic acids is 1. The van der Waals surface area contributed by atoms with Crippen molar-refractivity contribution in [2.75, 3.05) is 12.3 Å². The third-order valence-electron chi connectivity index (χ3n) is 3.32. The van der Waals surface area contributed by atoms with Crippen molar-refractivity contribution in [3.8, 4) is 0 Å². The lowest BCUT2D eigenvalue weighted by Gasteiger charge is -2.35. The summed E-state index contributed by atoms with van der Waals surface area (Å²) in [6, 6.07) is 0. The normalized spacial score (nSPS) is 30.9. The third kappa shape index (κ3) is 1.67. The number of alkyl halides is 1. The van der Waals surface area contributed by atoms with Crippen LogP contribution >= 0.6 is 0 Å². The van der Waals surface area contributed by atoms with Crippen LogP contribution in [0.3, 0.4) is 0 Å². The highest BCUT2D eigenvalue weighted by atomic mass is 19.1. The molecule has 3 rings (SSSR count). The van der Waals surface area contributed by atoms with Crippen LogP contribution in [-0.2, 0) is 9.53 Å². The lowest BCUT2D eigenvalue weighted by atomic mass is 9.88. The minimum absolute atomic E-state index is 0.133. The average Bonchev–Trinajstić information content (AvgIpc) is 2.82. The Labute approximate surface area is 112 Å². The predicted molar refractivity (Wildman–Crippen MR) is 64.4 cm³/mol. The van der Waals surface area contributed by atoms with E-state index >= 15 is 0 Å². The number of rotatable bonds is 1. The molecule has 3 atom stereocenters. The van der Waals surface area contributed by atoms with Crippen LogP contribution in [0, 0.1) is 0 Å². The summed E-state index contributed by atoms with van der Waals surface area (Å²) in [4.78, 5) is 19.5. The van der Waals surface area contributed by atoms with Gasteiger partial charge < -0.3 is 15.6 Å². The Hall–Kier alpha value is -2.13. The van der Waals surface area contributed by atoms with Crippen molar-refractivity contribution in [3.63, 3.8) is 0 Å². The number of imidazole rings is 1. The van der Waals surface area contributed by atoms with Gasteiger partial charge in [-0.3, -0.25) is 4.79 Å². The molecule has 3 N–H and O–H groups in total. The molecule has 0 saturated carbocycles. The van der Waals surface area contributed by atoms with Gasteiger partial charge in [0.15, 0.2) is 17.1 Å². The van der Waals surface area contributed by atoms with Crippen LogP contribution in [0.5, 0.6) is 0 Å². The van der Waals surface area contributed by atoms with Gasteiger partial charge in [0.2, 0.25) is 5.78 Å². The zero-order valence-corrected chi connectivity index (χ0v) is 10.5. The SMILES string of the molecule is CC1(F)C(=O)C(O)COC1c1cnc2c(N)ncnn12. The number of aliphatic hydroxyl groups excluding tert-OH is 1. The van der Waals surface area contributed by atoms with E-state index in [1.165, 1.54) is 17.0 Å². The molecule has 3 heterocycles. The number of anilines is 1. The second-order valence-electron chi connectivity index (χ2n) is 4.73. The maximum atomic E-state index is 14.6. The largest absolute Gasteiger partial charge is 0.383 e. The summed E-state index contributed by atoms with van der Waals surface area (Å²) < 4.78 is 21.2. The van der Waals surface area contributed by atoms with Crippen molar-refractivity contribution in [3.05, 3.63) is 18.2 Å². The topological polar surface area (TPSA) is 116 Å². The van der Waals surface area contributed by atoms with E-state index in [1.54, 1.807) is 0 Å². The molecule has 1 saturated heterocycles. The Morgan fingerprint density at radius 3 is 3.10 bits per heavy atom. The molecule has 106 valence electrons. The van der Waals surface area contributed by atoms with Crippen LogP contribution in [0.1, 0.15) is 18.7 Å². The van der Waals surface area contributed by atoms with Crippen molar-refractivity contribution >= 4 is 17.2 Å². The lowest BCUT2D eigenvalue weighted by molar-refractivity contribution is -0.173. The molecular formula is C11H12FN5O3. The number of aliphatic hydroxyl groups is 1. The molecule has 1 aliphatic heterocycles. The number of hydrogen-bond donors (Lipinski definition) is 2. The molecule has 1 aliphatic rings. The molecule has 1 fully saturated rings. The van der Waals surface area contributed by atoms with E-state index in [0.717, 1.165) is 6.92 Å². The number of halogens is 1. The van der Waals surface area contributed by atoms with Crippen molar-refractivity contribution in [1.29, 1.82) is 0 Å². The number of nitrogens with zero attached hydrogens (tertiary/aromatic N) is 4. The fraction of sp³-hybridized carbons (Fsp3) is 0.455. The first kappa shape index (κ1) is 12.9. The molecule has 8 nitrogen and oxygen atoms in total. The highest BCUT2D eigenvalue weighted by molar-refractivity contribution is 5.92. The van der Waals surface area contributed by atoms with Crippen LogP contribution in [0.4, 0.5) is 10.2 Å². The molecule has 0 aromatic carbocycles. The van der Waals surface area contributed by atoms with Gasteiger partial charge in [-0.05, 0) is 6.92 Å². The minimum Gasteiger partial charge on any atom is -0.383 e. The van der Waals surface area contributed by atoms with Crippen LogP contribution in [0.2, 0.25) is 0 Å². The van der Waals surface area contributed by atoms with Gasteiger partial charge in [-0.1, -0.05) is 0 Å². The summed E-state index contributed by atoms with van der Waals surface area (Å²) in [6.07, 6.45) is -0.168. The molecule has 9 heteroatoms. The fourth-order valence-electron chi connectivity index (χ4n) is 2.27. The molecule has 2 aromatic rings. The zero-order valence-electron chi connectivity index (χ0n) is 10.5. The Balaban J connectivity index is 2.11. The van der Waals surface area contributed by atoms with Gasteiger partial charge >= 0.3 is 0 Å². The van der Waals surface area contributed by atoms with E-state index in [1.807, 2.05) is 0 Å². The Bertz CT molecular complexity index is 686. The Morgan fingerprint density at radius 2 is 2.35 bits per heavy atom. The molecule has 3 unspecified atom stereocenters. The van der Waals surface area contributed by atoms with Gasteiger partial charge in [0.1, 0.15) is 18.5 Å². The highest BCUT2D eigenvalue weighted by Gasteiger charge is 2.51. The first-order chi connectivity index (χ1) is 9.43. The quantitative estimate of drug-likeness (QED) is 0.719. The zero-order chi connectivity index (χ0) is 14.5. The van der Waals surface area contributed by atoms with E-state index in [4.69, 9.17) is 10.5 Å². The summed E-state index contributed by atoms with van der Waals surface area (Å²) >= 11 is 0. The predicted octanol–water partition coefficient (Wildman–Crippen LogP) is -0.564. The van der Waals surface area contributed by atoms with E-state index in [9.17, 15) is 14.3 Å². The van der Waals surface area contributed by atoms with Crippen molar-refractivity contribution in [2.24, 2.45) is 0 Å². The molecule has 0 radical (unpaired) electrons. The molecule has 0 aliphatic carbocycles. The van der Waals surface area contributed by atoms with Gasteiger partial charge in [0.25, 0.3) is 0 Å². The van der Waals surface area contributed by atoms with Crippen molar-refractivity contribution < 1.29 is 19.0 Å². The summed E-state index contributed by atoms with van der Waals surface area (Å²) in [5.41, 5.74) is 3.74. The van der Waals surface area contributed by atoms with E-state index < -0.39 is 23.7 Å². The second kappa shape index (κ2) is 4.18. The number of hydrogen-bond acceptors (Lipinski definition) is 7. The van der Waals surface area contributed by atoms with Crippen LogP contribution in [0.25, 0.3) is 5.65 Å². The number of carbonyl (C=O) groups is 1. The maximum absolute atomic E-state index is 14.6. The van der Waals surface area contributed by atoms with Gasteiger partial charge in [-0.2, -0.15) is 5.10 Å². The van der Waals surface area contributed by atoms with E-state index in [-0.39, 0.29) is 23.8 Å². The van der Waals surface area contributed by atoms with Crippen LogP contribution < -0.4 is 5.73 Å².